The quantitative estimate of drug-likeness (QED) is 0.686. The van der Waals surface area contributed by atoms with E-state index in [1.165, 1.54) is 4.90 Å². The van der Waals surface area contributed by atoms with E-state index < -0.39 is 5.54 Å². The van der Waals surface area contributed by atoms with Gasteiger partial charge < -0.3 is 14.8 Å². The molecule has 1 aromatic rings. The normalized spacial score (nSPS) is 29.0. The zero-order valence-electron chi connectivity index (χ0n) is 20.1. The molecule has 32 heavy (non-hydrogen) atoms. The van der Waals surface area contributed by atoms with E-state index >= 15 is 0 Å². The Hall–Kier alpha value is -2.28. The van der Waals surface area contributed by atoms with Crippen molar-refractivity contribution in [2.75, 3.05) is 27.4 Å². The summed E-state index contributed by atoms with van der Waals surface area (Å²) in [5.41, 5.74) is 0.546. The molecule has 0 radical (unpaired) electrons. The molecule has 7 nitrogen and oxygen atoms in total. The summed E-state index contributed by atoms with van der Waals surface area (Å²) in [6.45, 7) is 7.92. The highest BCUT2D eigenvalue weighted by atomic mass is 16.5. The average Bonchev–Trinajstić information content (AvgIpc) is 3.31. The van der Waals surface area contributed by atoms with Crippen molar-refractivity contribution >= 4 is 11.9 Å². The van der Waals surface area contributed by atoms with Crippen molar-refractivity contribution in [3.8, 4) is 11.5 Å². The van der Waals surface area contributed by atoms with Gasteiger partial charge in [0.15, 0.2) is 0 Å². The maximum absolute atomic E-state index is 13.5. The Bertz CT molecular complexity index is 870. The number of benzene rings is 1. The van der Waals surface area contributed by atoms with E-state index in [0.29, 0.717) is 12.6 Å². The summed E-state index contributed by atoms with van der Waals surface area (Å²) < 4.78 is 11.0. The Morgan fingerprint density at radius 3 is 2.44 bits per heavy atom. The fraction of sp³-hybridized carbons (Fsp3) is 0.680. The predicted molar refractivity (Wildman–Crippen MR) is 123 cm³/mol. The summed E-state index contributed by atoms with van der Waals surface area (Å²) in [6, 6.07) is 5.63. The number of imide groups is 1. The second-order valence-corrected chi connectivity index (χ2v) is 10.6. The van der Waals surface area contributed by atoms with E-state index in [9.17, 15) is 9.59 Å². The third-order valence-corrected chi connectivity index (χ3v) is 7.79. The van der Waals surface area contributed by atoms with Crippen molar-refractivity contribution in [2.24, 2.45) is 11.3 Å². The van der Waals surface area contributed by atoms with Crippen LogP contribution in [-0.2, 0) is 4.79 Å². The Morgan fingerprint density at radius 1 is 1.09 bits per heavy atom. The van der Waals surface area contributed by atoms with E-state index in [2.05, 4.69) is 31.0 Å². The van der Waals surface area contributed by atoms with Gasteiger partial charge in [0.25, 0.3) is 5.91 Å². The minimum Gasteiger partial charge on any atom is -0.497 e. The van der Waals surface area contributed by atoms with Gasteiger partial charge >= 0.3 is 6.03 Å². The van der Waals surface area contributed by atoms with E-state index in [1.54, 1.807) is 14.2 Å². The van der Waals surface area contributed by atoms with Gasteiger partial charge in [0.2, 0.25) is 0 Å². The lowest BCUT2D eigenvalue weighted by Crippen LogP contribution is -2.51. The number of rotatable bonds is 5. The number of nitrogens with zero attached hydrogens (tertiary/aromatic N) is 2. The van der Waals surface area contributed by atoms with Crippen molar-refractivity contribution < 1.29 is 19.1 Å². The SMILES string of the molecule is COc1ccc(OC)c(C2CCCN2CN2C(=O)NC3(CCC(C(C)(C)C)CC3)C2=O)c1. The minimum absolute atomic E-state index is 0.0573. The van der Waals surface area contributed by atoms with Gasteiger partial charge in [0.05, 0.1) is 20.9 Å². The molecule has 1 atom stereocenters. The molecule has 2 aliphatic heterocycles. The molecule has 1 aromatic carbocycles. The molecule has 1 unspecified atom stereocenters. The second-order valence-electron chi connectivity index (χ2n) is 10.6. The van der Waals surface area contributed by atoms with Crippen molar-refractivity contribution in [3.63, 3.8) is 0 Å². The first kappa shape index (κ1) is 22.9. The molecular weight excluding hydrogens is 406 g/mol. The van der Waals surface area contributed by atoms with E-state index in [0.717, 1.165) is 62.1 Å². The van der Waals surface area contributed by atoms with Crippen molar-refractivity contribution in [2.45, 2.75) is 70.9 Å². The molecule has 0 aromatic heterocycles. The number of hydrogen-bond donors (Lipinski definition) is 1. The van der Waals surface area contributed by atoms with Crippen LogP contribution in [-0.4, -0.2) is 54.7 Å². The number of methoxy groups -OCH3 is 2. The highest BCUT2D eigenvalue weighted by Crippen LogP contribution is 2.44. The number of likely N-dealkylation sites (tertiary alicyclic amines) is 1. The van der Waals surface area contributed by atoms with E-state index in [1.807, 2.05) is 18.2 Å². The van der Waals surface area contributed by atoms with Crippen LogP contribution in [0, 0.1) is 11.3 Å². The highest BCUT2D eigenvalue weighted by Gasteiger charge is 2.53. The van der Waals surface area contributed by atoms with Gasteiger partial charge in [0.1, 0.15) is 17.0 Å². The standard InChI is InChI=1S/C25H37N3O4/c1-24(2,3)17-10-12-25(13-11-17)22(29)28(23(30)26-25)16-27-14-6-7-20(27)19-15-18(31-4)8-9-21(19)32-5/h8-9,15,17,20H,6-7,10-14,16H2,1-5H3,(H,26,30). The van der Waals surface area contributed by atoms with Crippen LogP contribution >= 0.6 is 0 Å². The molecule has 4 rings (SSSR count). The summed E-state index contributed by atoms with van der Waals surface area (Å²) in [6.07, 6.45) is 5.35. The molecular formula is C25H37N3O4. The molecule has 2 saturated heterocycles. The third-order valence-electron chi connectivity index (χ3n) is 7.79. The van der Waals surface area contributed by atoms with Crippen molar-refractivity contribution in [1.29, 1.82) is 0 Å². The smallest absolute Gasteiger partial charge is 0.326 e. The van der Waals surface area contributed by atoms with Crippen molar-refractivity contribution in [1.82, 2.24) is 15.1 Å². The predicted octanol–water partition coefficient (Wildman–Crippen LogP) is 4.33. The van der Waals surface area contributed by atoms with Crippen LogP contribution in [0.2, 0.25) is 0 Å². The first-order valence-electron chi connectivity index (χ1n) is 11.8. The second kappa shape index (κ2) is 8.58. The number of urea groups is 1. The Kier molecular flexibility index (Phi) is 6.14. The summed E-state index contributed by atoms with van der Waals surface area (Å²) in [4.78, 5) is 30.0. The Balaban J connectivity index is 1.50. The molecule has 1 saturated carbocycles. The lowest BCUT2D eigenvalue weighted by Gasteiger charge is -2.40. The molecule has 1 N–H and O–H groups in total. The molecule has 7 heteroatoms. The first-order valence-corrected chi connectivity index (χ1v) is 11.8. The first-order chi connectivity index (χ1) is 15.2. The largest absolute Gasteiger partial charge is 0.497 e. The molecule has 2 heterocycles. The Labute approximate surface area is 191 Å². The summed E-state index contributed by atoms with van der Waals surface area (Å²) in [5.74, 6) is 2.10. The average molecular weight is 444 g/mol. The van der Waals surface area contributed by atoms with Crippen LogP contribution in [0.4, 0.5) is 4.79 Å². The fourth-order valence-corrected chi connectivity index (χ4v) is 5.75. The van der Waals surface area contributed by atoms with Gasteiger partial charge in [-0.1, -0.05) is 20.8 Å². The van der Waals surface area contributed by atoms with Crippen LogP contribution in [0.1, 0.15) is 70.9 Å². The monoisotopic (exact) mass is 443 g/mol. The maximum Gasteiger partial charge on any atom is 0.326 e. The topological polar surface area (TPSA) is 71.1 Å². The van der Waals surface area contributed by atoms with Crippen LogP contribution < -0.4 is 14.8 Å². The minimum atomic E-state index is -0.721. The summed E-state index contributed by atoms with van der Waals surface area (Å²) in [5, 5.41) is 3.08. The lowest BCUT2D eigenvalue weighted by atomic mass is 9.67. The Morgan fingerprint density at radius 2 is 1.81 bits per heavy atom. The van der Waals surface area contributed by atoms with Crippen molar-refractivity contribution in [3.05, 3.63) is 23.8 Å². The third kappa shape index (κ3) is 4.07. The molecule has 3 aliphatic rings. The van der Waals surface area contributed by atoms with Crippen LogP contribution in [0.3, 0.4) is 0 Å². The maximum atomic E-state index is 13.5. The van der Waals surface area contributed by atoms with Gasteiger partial charge in [-0.05, 0) is 68.1 Å². The van der Waals surface area contributed by atoms with Gasteiger partial charge in [-0.2, -0.15) is 0 Å². The van der Waals surface area contributed by atoms with Crippen LogP contribution in [0.5, 0.6) is 11.5 Å². The number of amides is 3. The number of carbonyl (C=O) groups is 2. The molecule has 1 spiro atoms. The number of ether oxygens (including phenoxy) is 2. The van der Waals surface area contributed by atoms with Crippen LogP contribution in [0.25, 0.3) is 0 Å². The van der Waals surface area contributed by atoms with E-state index in [-0.39, 0.29) is 23.4 Å². The van der Waals surface area contributed by atoms with E-state index in [4.69, 9.17) is 9.47 Å². The molecule has 0 bridgehead atoms. The zero-order valence-corrected chi connectivity index (χ0v) is 20.1. The molecule has 1 aliphatic carbocycles. The van der Waals surface area contributed by atoms with Gasteiger partial charge in [-0.3, -0.25) is 9.69 Å². The van der Waals surface area contributed by atoms with Crippen LogP contribution in [0.15, 0.2) is 18.2 Å². The number of hydrogen-bond acceptors (Lipinski definition) is 5. The number of nitrogens with one attached hydrogen (secondary N) is 1. The molecule has 176 valence electrons. The van der Waals surface area contributed by atoms with Gasteiger partial charge in [-0.25, -0.2) is 9.69 Å². The summed E-state index contributed by atoms with van der Waals surface area (Å²) in [7, 11) is 3.32. The zero-order chi connectivity index (χ0) is 23.1. The van der Waals surface area contributed by atoms with Gasteiger partial charge in [-0.15, -0.1) is 0 Å². The molecule has 3 fully saturated rings. The highest BCUT2D eigenvalue weighted by molar-refractivity contribution is 6.07. The molecule has 3 amide bonds. The summed E-state index contributed by atoms with van der Waals surface area (Å²) >= 11 is 0. The fourth-order valence-electron chi connectivity index (χ4n) is 5.75. The number of carbonyl (C=O) groups excluding carboxylic acids is 2. The lowest BCUT2D eigenvalue weighted by molar-refractivity contribution is -0.134. The van der Waals surface area contributed by atoms with Gasteiger partial charge in [0, 0.05) is 18.2 Å².